The number of carbonyl (C=O) groups is 1. The number of aromatic nitrogens is 2. The van der Waals surface area contributed by atoms with E-state index in [1.165, 1.54) is 23.4 Å². The molecule has 3 heterocycles. The monoisotopic (exact) mass is 529 g/mol. The largest absolute Gasteiger partial charge is 0.493 e. The Hall–Kier alpha value is -3.37. The van der Waals surface area contributed by atoms with Crippen LogP contribution in [0.5, 0.6) is 11.5 Å². The van der Waals surface area contributed by atoms with Gasteiger partial charge in [-0.2, -0.15) is 0 Å². The number of piperidine rings is 1. The number of likely N-dealkylation sites (tertiary alicyclic amines) is 2. The predicted octanol–water partition coefficient (Wildman–Crippen LogP) is 4.88. The van der Waals surface area contributed by atoms with Crippen LogP contribution in [0.3, 0.4) is 0 Å². The molecule has 2 atom stereocenters. The minimum absolute atomic E-state index is 0.0190. The molecule has 5 rings (SSSR count). The highest BCUT2D eigenvalue weighted by Gasteiger charge is 2.37. The Kier molecular flexibility index (Phi) is 7.48. The van der Waals surface area contributed by atoms with Gasteiger partial charge in [-0.05, 0) is 48.9 Å². The zero-order valence-corrected chi connectivity index (χ0v) is 21.2. The molecule has 2 aliphatic rings. The van der Waals surface area contributed by atoms with E-state index in [2.05, 4.69) is 20.2 Å². The van der Waals surface area contributed by atoms with Gasteiger partial charge in [-0.25, -0.2) is 19.2 Å². The lowest BCUT2D eigenvalue weighted by molar-refractivity contribution is 0.110. The zero-order chi connectivity index (χ0) is 25.9. The van der Waals surface area contributed by atoms with E-state index in [-0.39, 0.29) is 5.02 Å². The second-order valence-electron chi connectivity index (χ2n) is 9.50. The third-order valence-corrected chi connectivity index (χ3v) is 7.42. The van der Waals surface area contributed by atoms with Crippen molar-refractivity contribution in [2.75, 3.05) is 51.8 Å². The molecular weight excluding hydrogens is 501 g/mol. The molecule has 9 nitrogen and oxygen atoms in total. The summed E-state index contributed by atoms with van der Waals surface area (Å²) in [5.41, 5.74) is 1.27. The third kappa shape index (κ3) is 5.65. The molecule has 0 saturated carbocycles. The van der Waals surface area contributed by atoms with E-state index in [9.17, 15) is 14.3 Å². The highest BCUT2D eigenvalue weighted by Crippen LogP contribution is 2.35. The number of nitrogens with zero attached hydrogens (tertiary/aromatic N) is 4. The van der Waals surface area contributed by atoms with Gasteiger partial charge < -0.3 is 29.7 Å². The first-order valence-electron chi connectivity index (χ1n) is 12.3. The van der Waals surface area contributed by atoms with Crippen LogP contribution < -0.4 is 14.8 Å². The quantitative estimate of drug-likeness (QED) is 0.398. The van der Waals surface area contributed by atoms with E-state index in [0.717, 1.165) is 37.9 Å². The fraction of sp³-hybridized carbons (Fsp3) is 0.423. The molecule has 3 aromatic rings. The number of benzene rings is 2. The van der Waals surface area contributed by atoms with Crippen LogP contribution in [0.2, 0.25) is 5.02 Å². The number of hydrogen-bond donors (Lipinski definition) is 2. The van der Waals surface area contributed by atoms with E-state index < -0.39 is 11.9 Å². The van der Waals surface area contributed by atoms with Gasteiger partial charge in [0.05, 0.1) is 24.3 Å². The second-order valence-corrected chi connectivity index (χ2v) is 9.90. The molecule has 0 aliphatic carbocycles. The number of methoxy groups -OCH3 is 1. The summed E-state index contributed by atoms with van der Waals surface area (Å²) in [7, 11) is 1.58. The number of rotatable bonds is 8. The first kappa shape index (κ1) is 25.3. The number of anilines is 2. The molecule has 2 fully saturated rings. The molecule has 2 unspecified atom stereocenters. The summed E-state index contributed by atoms with van der Waals surface area (Å²) in [4.78, 5) is 23.9. The fourth-order valence-corrected chi connectivity index (χ4v) is 5.42. The van der Waals surface area contributed by atoms with Crippen LogP contribution in [0.1, 0.15) is 12.8 Å². The molecule has 11 heteroatoms. The van der Waals surface area contributed by atoms with Crippen molar-refractivity contribution in [3.8, 4) is 11.5 Å². The minimum atomic E-state index is -0.820. The van der Waals surface area contributed by atoms with E-state index in [1.807, 2.05) is 6.07 Å². The SMILES string of the molecule is COc1cc2ncnc(Nc3ccc(F)c(Cl)c3)c2cc1OCCCN1CC2CCN(C(=O)O)CC2C1. The number of fused-ring (bicyclic) bond motifs is 2. The number of carboxylic acid groups (broad SMARTS) is 1. The van der Waals surface area contributed by atoms with E-state index in [4.69, 9.17) is 21.1 Å². The Morgan fingerprint density at radius 3 is 2.81 bits per heavy atom. The molecule has 2 aromatic carbocycles. The Morgan fingerprint density at radius 2 is 2.03 bits per heavy atom. The summed E-state index contributed by atoms with van der Waals surface area (Å²) in [6, 6.07) is 8.02. The van der Waals surface area contributed by atoms with Crippen LogP contribution >= 0.6 is 11.6 Å². The van der Waals surface area contributed by atoms with Crippen molar-refractivity contribution < 1.29 is 23.8 Å². The van der Waals surface area contributed by atoms with Crippen LogP contribution in [-0.4, -0.2) is 77.4 Å². The van der Waals surface area contributed by atoms with Gasteiger partial charge in [0.25, 0.3) is 0 Å². The van der Waals surface area contributed by atoms with Crippen molar-refractivity contribution in [1.29, 1.82) is 0 Å². The molecule has 0 bridgehead atoms. The molecule has 2 saturated heterocycles. The molecule has 0 spiro atoms. The Bertz CT molecular complexity index is 1300. The number of halogens is 2. The standard InChI is InChI=1S/C26H29ClFN5O4/c1-36-23-11-22-19(25(30-15-29-22)31-18-3-4-21(28)20(27)9-18)10-24(23)37-8-2-6-32-12-16-5-7-33(26(34)35)14-17(16)13-32/h3-4,9-11,15-17H,2,5-8,12-14H2,1H3,(H,34,35)(H,29,30,31). The summed E-state index contributed by atoms with van der Waals surface area (Å²) >= 11 is 5.92. The van der Waals surface area contributed by atoms with Crippen LogP contribution in [0.25, 0.3) is 10.9 Å². The normalized spacial score (nSPS) is 19.6. The Balaban J connectivity index is 1.22. The molecular formula is C26H29ClFN5O4. The van der Waals surface area contributed by atoms with E-state index >= 15 is 0 Å². The van der Waals surface area contributed by atoms with Crippen LogP contribution in [0, 0.1) is 17.7 Å². The summed E-state index contributed by atoms with van der Waals surface area (Å²) < 4.78 is 25.2. The molecule has 2 aliphatic heterocycles. The maximum atomic E-state index is 13.6. The van der Waals surface area contributed by atoms with Crippen LogP contribution in [-0.2, 0) is 0 Å². The van der Waals surface area contributed by atoms with Crippen LogP contribution in [0.4, 0.5) is 20.7 Å². The van der Waals surface area contributed by atoms with Gasteiger partial charge >= 0.3 is 6.09 Å². The van der Waals surface area contributed by atoms with Crippen molar-refractivity contribution in [2.45, 2.75) is 12.8 Å². The number of nitrogens with one attached hydrogen (secondary N) is 1. The smallest absolute Gasteiger partial charge is 0.407 e. The third-order valence-electron chi connectivity index (χ3n) is 7.13. The lowest BCUT2D eigenvalue weighted by atomic mass is 9.89. The molecule has 1 amide bonds. The van der Waals surface area contributed by atoms with Gasteiger partial charge in [-0.15, -0.1) is 0 Å². The molecule has 37 heavy (non-hydrogen) atoms. The van der Waals surface area contributed by atoms with E-state index in [0.29, 0.717) is 60.1 Å². The maximum absolute atomic E-state index is 13.6. The molecule has 196 valence electrons. The zero-order valence-electron chi connectivity index (χ0n) is 20.5. The van der Waals surface area contributed by atoms with Gasteiger partial charge in [-0.1, -0.05) is 11.6 Å². The lowest BCUT2D eigenvalue weighted by Gasteiger charge is -2.32. The van der Waals surface area contributed by atoms with Crippen molar-refractivity contribution >= 4 is 40.1 Å². The highest BCUT2D eigenvalue weighted by atomic mass is 35.5. The maximum Gasteiger partial charge on any atom is 0.407 e. The Morgan fingerprint density at radius 1 is 1.19 bits per heavy atom. The summed E-state index contributed by atoms with van der Waals surface area (Å²) in [6.45, 7) is 4.58. The van der Waals surface area contributed by atoms with Gasteiger partial charge in [0.1, 0.15) is 18.0 Å². The van der Waals surface area contributed by atoms with Gasteiger partial charge in [0, 0.05) is 49.9 Å². The number of amides is 1. The van der Waals surface area contributed by atoms with Crippen LogP contribution in [0.15, 0.2) is 36.7 Å². The lowest BCUT2D eigenvalue weighted by Crippen LogP contribution is -2.42. The second kappa shape index (κ2) is 10.9. The molecule has 1 aromatic heterocycles. The topological polar surface area (TPSA) is 100 Å². The van der Waals surface area contributed by atoms with E-state index in [1.54, 1.807) is 19.2 Å². The molecule has 2 N–H and O–H groups in total. The van der Waals surface area contributed by atoms with Gasteiger partial charge in [0.15, 0.2) is 11.5 Å². The summed E-state index contributed by atoms with van der Waals surface area (Å²) in [6.07, 6.45) is 2.38. The van der Waals surface area contributed by atoms with Gasteiger partial charge in [-0.3, -0.25) is 0 Å². The average Bonchev–Trinajstić information content (AvgIpc) is 3.30. The average molecular weight is 530 g/mol. The predicted molar refractivity (Wildman–Crippen MR) is 139 cm³/mol. The fourth-order valence-electron chi connectivity index (χ4n) is 5.24. The molecule has 0 radical (unpaired) electrons. The minimum Gasteiger partial charge on any atom is -0.493 e. The van der Waals surface area contributed by atoms with Crippen molar-refractivity contribution in [2.24, 2.45) is 11.8 Å². The van der Waals surface area contributed by atoms with Crippen molar-refractivity contribution in [1.82, 2.24) is 19.8 Å². The summed E-state index contributed by atoms with van der Waals surface area (Å²) in [5.74, 6) is 2.18. The van der Waals surface area contributed by atoms with Crippen molar-refractivity contribution in [3.63, 3.8) is 0 Å². The van der Waals surface area contributed by atoms with Crippen molar-refractivity contribution in [3.05, 3.63) is 47.5 Å². The summed E-state index contributed by atoms with van der Waals surface area (Å²) in [5, 5.41) is 13.2. The number of hydrogen-bond acceptors (Lipinski definition) is 7. The Labute approximate surface area is 219 Å². The van der Waals surface area contributed by atoms with Gasteiger partial charge in [0.2, 0.25) is 0 Å². The number of ether oxygens (including phenoxy) is 2. The highest BCUT2D eigenvalue weighted by molar-refractivity contribution is 6.31. The first-order valence-corrected chi connectivity index (χ1v) is 12.7. The first-order chi connectivity index (χ1) is 17.9.